The van der Waals surface area contributed by atoms with Gasteiger partial charge in [0.15, 0.2) is 0 Å². The molecule has 136 valence electrons. The van der Waals surface area contributed by atoms with E-state index in [1.54, 1.807) is 12.1 Å². The normalized spacial score (nSPS) is 14.2. The topological polar surface area (TPSA) is 58.2 Å². The van der Waals surface area contributed by atoms with E-state index >= 15 is 0 Å². The molecule has 1 atom stereocenters. The molecule has 2 amide bonds. The Morgan fingerprint density at radius 3 is 2.50 bits per heavy atom. The van der Waals surface area contributed by atoms with Crippen LogP contribution in [0.5, 0.6) is 0 Å². The maximum atomic E-state index is 12.4. The number of rotatable bonds is 4. The summed E-state index contributed by atoms with van der Waals surface area (Å²) in [6.45, 7) is 2.01. The molecule has 0 aromatic heterocycles. The maximum Gasteiger partial charge on any atom is 0.313 e. The third kappa shape index (κ3) is 4.33. The van der Waals surface area contributed by atoms with Gasteiger partial charge in [0.2, 0.25) is 0 Å². The van der Waals surface area contributed by atoms with E-state index in [9.17, 15) is 9.59 Å². The number of benzene rings is 2. The number of hydrogen-bond donors (Lipinski definition) is 2. The van der Waals surface area contributed by atoms with E-state index in [1.165, 1.54) is 24.0 Å². The van der Waals surface area contributed by atoms with E-state index in [2.05, 4.69) is 44.8 Å². The van der Waals surface area contributed by atoms with Gasteiger partial charge < -0.3 is 10.6 Å². The minimum absolute atomic E-state index is 0.167. The van der Waals surface area contributed by atoms with Gasteiger partial charge in [0.1, 0.15) is 0 Å². The van der Waals surface area contributed by atoms with Gasteiger partial charge in [0, 0.05) is 4.47 Å². The second kappa shape index (κ2) is 8.49. The van der Waals surface area contributed by atoms with E-state index in [-0.39, 0.29) is 6.04 Å². The molecule has 0 fully saturated rings. The van der Waals surface area contributed by atoms with Gasteiger partial charge in [-0.05, 0) is 76.9 Å². The molecule has 2 aromatic rings. The molecule has 0 bridgehead atoms. The number of fused-ring (bicyclic) bond motifs is 1. The Morgan fingerprint density at radius 2 is 1.77 bits per heavy atom. The van der Waals surface area contributed by atoms with Crippen molar-refractivity contribution in [2.75, 3.05) is 5.32 Å². The van der Waals surface area contributed by atoms with Crippen molar-refractivity contribution in [3.8, 4) is 0 Å². The molecule has 0 saturated carbocycles. The number of nitrogens with one attached hydrogen (secondary N) is 2. The predicted molar refractivity (Wildman–Crippen MR) is 107 cm³/mol. The molecule has 5 heteroatoms. The van der Waals surface area contributed by atoms with Crippen LogP contribution in [0.4, 0.5) is 5.69 Å². The molecule has 0 aliphatic heterocycles. The van der Waals surface area contributed by atoms with E-state index in [0.29, 0.717) is 5.69 Å². The molecule has 26 heavy (non-hydrogen) atoms. The van der Waals surface area contributed by atoms with Crippen molar-refractivity contribution in [1.29, 1.82) is 0 Å². The van der Waals surface area contributed by atoms with Gasteiger partial charge >= 0.3 is 11.8 Å². The van der Waals surface area contributed by atoms with Crippen LogP contribution in [0.15, 0.2) is 46.9 Å². The summed E-state index contributed by atoms with van der Waals surface area (Å²) in [4.78, 5) is 24.6. The SMILES string of the molecule is CCC(NC(=O)C(=O)Nc1ccccc1Br)c1ccc2c(c1)CCCC2. The van der Waals surface area contributed by atoms with Gasteiger partial charge in [-0.15, -0.1) is 0 Å². The van der Waals surface area contributed by atoms with Crippen molar-refractivity contribution in [2.24, 2.45) is 0 Å². The zero-order chi connectivity index (χ0) is 18.5. The third-order valence-electron chi connectivity index (χ3n) is 4.82. The largest absolute Gasteiger partial charge is 0.341 e. The summed E-state index contributed by atoms with van der Waals surface area (Å²) < 4.78 is 0.739. The molecule has 0 spiro atoms. The Bertz CT molecular complexity index is 819. The first-order valence-electron chi connectivity index (χ1n) is 9.06. The van der Waals surface area contributed by atoms with Crippen LogP contribution in [-0.2, 0) is 22.4 Å². The average molecular weight is 415 g/mol. The van der Waals surface area contributed by atoms with Crippen molar-refractivity contribution in [1.82, 2.24) is 5.32 Å². The number of carbonyl (C=O) groups excluding carboxylic acids is 2. The lowest BCUT2D eigenvalue weighted by Gasteiger charge is -2.21. The van der Waals surface area contributed by atoms with Gasteiger partial charge in [-0.1, -0.05) is 37.3 Å². The Balaban J connectivity index is 1.68. The molecule has 1 aliphatic rings. The van der Waals surface area contributed by atoms with Crippen LogP contribution in [-0.4, -0.2) is 11.8 Å². The quantitative estimate of drug-likeness (QED) is 0.721. The molecule has 0 radical (unpaired) electrons. The number of hydrogen-bond acceptors (Lipinski definition) is 2. The Kier molecular flexibility index (Phi) is 6.09. The van der Waals surface area contributed by atoms with E-state index in [4.69, 9.17) is 0 Å². The molecule has 0 saturated heterocycles. The number of para-hydroxylation sites is 1. The third-order valence-corrected chi connectivity index (χ3v) is 5.51. The fourth-order valence-electron chi connectivity index (χ4n) is 3.36. The zero-order valence-corrected chi connectivity index (χ0v) is 16.4. The maximum absolute atomic E-state index is 12.4. The fraction of sp³-hybridized carbons (Fsp3) is 0.333. The second-order valence-corrected chi connectivity index (χ2v) is 7.46. The van der Waals surface area contributed by atoms with Gasteiger partial charge in [0.25, 0.3) is 0 Å². The van der Waals surface area contributed by atoms with Crippen LogP contribution >= 0.6 is 15.9 Å². The monoisotopic (exact) mass is 414 g/mol. The fourth-order valence-corrected chi connectivity index (χ4v) is 3.74. The van der Waals surface area contributed by atoms with Crippen LogP contribution < -0.4 is 10.6 Å². The lowest BCUT2D eigenvalue weighted by atomic mass is 9.89. The van der Waals surface area contributed by atoms with E-state index in [1.807, 2.05) is 19.1 Å². The highest BCUT2D eigenvalue weighted by atomic mass is 79.9. The molecule has 1 unspecified atom stereocenters. The van der Waals surface area contributed by atoms with Crippen LogP contribution in [0.3, 0.4) is 0 Å². The Labute approximate surface area is 162 Å². The Hall–Kier alpha value is -2.14. The first-order valence-corrected chi connectivity index (χ1v) is 9.86. The summed E-state index contributed by atoms with van der Waals surface area (Å²) in [5.41, 5.74) is 4.43. The standard InChI is InChI=1S/C21H23BrN2O2/c1-2-18(16-12-11-14-7-3-4-8-15(14)13-16)23-20(25)21(26)24-19-10-6-5-9-17(19)22/h5-6,9-13,18H,2-4,7-8H2,1H3,(H,23,25)(H,24,26). The zero-order valence-electron chi connectivity index (χ0n) is 14.8. The number of halogens is 1. The number of aryl methyl sites for hydroxylation is 2. The van der Waals surface area contributed by atoms with Crippen LogP contribution in [0, 0.1) is 0 Å². The highest BCUT2D eigenvalue weighted by molar-refractivity contribution is 9.10. The van der Waals surface area contributed by atoms with Gasteiger partial charge in [-0.2, -0.15) is 0 Å². The molecule has 1 aliphatic carbocycles. The van der Waals surface area contributed by atoms with E-state index < -0.39 is 11.8 Å². The molecule has 0 heterocycles. The van der Waals surface area contributed by atoms with Crippen LogP contribution in [0.25, 0.3) is 0 Å². The predicted octanol–water partition coefficient (Wildman–Crippen LogP) is 4.53. The van der Waals surface area contributed by atoms with E-state index in [0.717, 1.165) is 29.3 Å². The highest BCUT2D eigenvalue weighted by Crippen LogP contribution is 2.26. The van der Waals surface area contributed by atoms with Crippen molar-refractivity contribution >= 4 is 33.4 Å². The van der Waals surface area contributed by atoms with Crippen molar-refractivity contribution in [3.63, 3.8) is 0 Å². The lowest BCUT2D eigenvalue weighted by molar-refractivity contribution is -0.136. The minimum atomic E-state index is -0.659. The summed E-state index contributed by atoms with van der Waals surface area (Å²) in [6.07, 6.45) is 5.42. The smallest absolute Gasteiger partial charge is 0.313 e. The summed E-state index contributed by atoms with van der Waals surface area (Å²) in [5, 5.41) is 5.51. The first-order chi connectivity index (χ1) is 12.6. The minimum Gasteiger partial charge on any atom is -0.341 e. The number of anilines is 1. The molecule has 4 nitrogen and oxygen atoms in total. The van der Waals surface area contributed by atoms with Crippen molar-refractivity contribution in [3.05, 3.63) is 63.6 Å². The van der Waals surface area contributed by atoms with Gasteiger partial charge in [0.05, 0.1) is 11.7 Å². The molecular weight excluding hydrogens is 392 g/mol. The summed E-state index contributed by atoms with van der Waals surface area (Å²) in [5.74, 6) is -1.28. The average Bonchev–Trinajstić information content (AvgIpc) is 2.67. The van der Waals surface area contributed by atoms with Crippen molar-refractivity contribution in [2.45, 2.75) is 45.1 Å². The molecule has 2 N–H and O–H groups in total. The van der Waals surface area contributed by atoms with Gasteiger partial charge in [-0.3, -0.25) is 9.59 Å². The van der Waals surface area contributed by atoms with Crippen LogP contribution in [0.1, 0.15) is 48.9 Å². The number of carbonyl (C=O) groups is 2. The molecule has 2 aromatic carbocycles. The first kappa shape index (κ1) is 18.6. The van der Waals surface area contributed by atoms with Crippen molar-refractivity contribution < 1.29 is 9.59 Å². The summed E-state index contributed by atoms with van der Waals surface area (Å²) in [6, 6.07) is 13.5. The lowest BCUT2D eigenvalue weighted by Crippen LogP contribution is -2.37. The Morgan fingerprint density at radius 1 is 1.04 bits per heavy atom. The second-order valence-electron chi connectivity index (χ2n) is 6.60. The summed E-state index contributed by atoms with van der Waals surface area (Å²) >= 11 is 3.36. The highest BCUT2D eigenvalue weighted by Gasteiger charge is 2.20. The molecule has 3 rings (SSSR count). The number of amides is 2. The van der Waals surface area contributed by atoms with Gasteiger partial charge in [-0.25, -0.2) is 0 Å². The van der Waals surface area contributed by atoms with Crippen LogP contribution in [0.2, 0.25) is 0 Å². The summed E-state index contributed by atoms with van der Waals surface area (Å²) in [7, 11) is 0. The molecular formula is C21H23BrN2O2.